The summed E-state index contributed by atoms with van der Waals surface area (Å²) in [7, 11) is 0. The van der Waals surface area contributed by atoms with Crippen molar-refractivity contribution in [2.45, 2.75) is 44.4 Å². The van der Waals surface area contributed by atoms with Crippen LogP contribution >= 0.6 is 11.8 Å². The van der Waals surface area contributed by atoms with Crippen LogP contribution in [0.4, 0.5) is 19.0 Å². The van der Waals surface area contributed by atoms with Gasteiger partial charge >= 0.3 is 6.18 Å². The van der Waals surface area contributed by atoms with Crippen molar-refractivity contribution < 1.29 is 18.0 Å². The van der Waals surface area contributed by atoms with Crippen LogP contribution in [0.2, 0.25) is 0 Å². The number of carbonyl (C=O) groups excluding carboxylic acids is 1. The topological polar surface area (TPSA) is 72.7 Å². The first-order valence-electron chi connectivity index (χ1n) is 9.61. The van der Waals surface area contributed by atoms with E-state index in [0.717, 1.165) is 17.8 Å². The molecule has 0 saturated heterocycles. The van der Waals surface area contributed by atoms with Gasteiger partial charge in [-0.3, -0.25) is 4.79 Å². The normalized spacial score (nSPS) is 19.0. The highest BCUT2D eigenvalue weighted by atomic mass is 32.2. The zero-order chi connectivity index (χ0) is 22.5. The molecule has 3 aromatic rings. The predicted molar refractivity (Wildman–Crippen MR) is 112 cm³/mol. The van der Waals surface area contributed by atoms with Crippen molar-refractivity contribution in [3.63, 3.8) is 0 Å². The number of benzene rings is 1. The Labute approximate surface area is 181 Å². The van der Waals surface area contributed by atoms with E-state index in [2.05, 4.69) is 20.4 Å². The molecular formula is C21H20F3N5OS. The van der Waals surface area contributed by atoms with E-state index < -0.39 is 22.2 Å². The quantitative estimate of drug-likeness (QED) is 0.613. The van der Waals surface area contributed by atoms with E-state index in [9.17, 15) is 18.0 Å². The average molecular weight is 447 g/mol. The number of nitrogens with one attached hydrogen (secondary N) is 1. The Morgan fingerprint density at radius 2 is 1.74 bits per heavy atom. The summed E-state index contributed by atoms with van der Waals surface area (Å²) in [4.78, 5) is 21.5. The minimum atomic E-state index is -4.52. The summed E-state index contributed by atoms with van der Waals surface area (Å²) >= 11 is 1.16. The van der Waals surface area contributed by atoms with Gasteiger partial charge in [-0.25, -0.2) is 9.97 Å². The number of rotatable bonds is 2. The maximum absolute atomic E-state index is 13.8. The number of carbonyl (C=O) groups is 1. The monoisotopic (exact) mass is 447 g/mol. The van der Waals surface area contributed by atoms with Crippen LogP contribution in [0.5, 0.6) is 0 Å². The molecule has 1 aliphatic rings. The van der Waals surface area contributed by atoms with Crippen LogP contribution in [0.1, 0.15) is 45.9 Å². The molecule has 3 heterocycles. The summed E-state index contributed by atoms with van der Waals surface area (Å²) in [5.74, 6) is 0.236. The number of thioether (sulfide) groups is 1. The first-order chi connectivity index (χ1) is 14.6. The van der Waals surface area contributed by atoms with Crippen LogP contribution < -0.4 is 5.32 Å². The molecule has 2 aromatic heterocycles. The molecule has 0 aliphatic carbocycles. The molecule has 0 spiro atoms. The van der Waals surface area contributed by atoms with Gasteiger partial charge in [-0.15, -0.1) is 11.8 Å². The van der Waals surface area contributed by atoms with Crippen molar-refractivity contribution in [3.05, 3.63) is 64.1 Å². The molecule has 162 valence electrons. The molecule has 1 amide bonds. The Balaban J connectivity index is 1.97. The van der Waals surface area contributed by atoms with Gasteiger partial charge in [-0.1, -0.05) is 18.2 Å². The minimum Gasteiger partial charge on any atom is -0.309 e. The molecule has 0 saturated carbocycles. The number of aromatic nitrogens is 4. The number of nitrogens with zero attached hydrogens (tertiary/aromatic N) is 4. The van der Waals surface area contributed by atoms with Crippen LogP contribution in [0.3, 0.4) is 0 Å². The standard InChI is InChI=1S/C21H20F3N5OS/c1-10-9-11(2)26-20(25-10)29-18-16(12(3)28-29)17(31-13(4)19(30)27-18)14-7-5-6-8-15(14)21(22,23)24/h5-9,13,17H,1-4H3,(H,27,30). The Kier molecular flexibility index (Phi) is 5.28. The third kappa shape index (κ3) is 3.91. The van der Waals surface area contributed by atoms with Gasteiger partial charge in [0.1, 0.15) is 5.82 Å². The van der Waals surface area contributed by atoms with E-state index in [1.807, 2.05) is 13.8 Å². The minimum absolute atomic E-state index is 0.0913. The molecule has 1 aliphatic heterocycles. The third-order valence-electron chi connectivity index (χ3n) is 5.03. The van der Waals surface area contributed by atoms with Gasteiger partial charge in [-0.2, -0.15) is 23.0 Å². The number of anilines is 1. The molecule has 0 bridgehead atoms. The Morgan fingerprint density at radius 1 is 1.10 bits per heavy atom. The van der Waals surface area contributed by atoms with Crippen LogP contribution in [0, 0.1) is 20.8 Å². The van der Waals surface area contributed by atoms with Gasteiger partial charge in [0.05, 0.1) is 21.8 Å². The molecule has 4 rings (SSSR count). The summed E-state index contributed by atoms with van der Waals surface area (Å²) in [6, 6.07) is 7.25. The fourth-order valence-corrected chi connectivity index (χ4v) is 5.05. The third-order valence-corrected chi connectivity index (χ3v) is 6.41. The molecular weight excluding hydrogens is 427 g/mol. The smallest absolute Gasteiger partial charge is 0.309 e. The summed E-state index contributed by atoms with van der Waals surface area (Å²) in [5, 5.41) is 6.01. The molecule has 1 N–H and O–H groups in total. The summed E-state index contributed by atoms with van der Waals surface area (Å²) < 4.78 is 42.8. The fourth-order valence-electron chi connectivity index (χ4n) is 3.69. The largest absolute Gasteiger partial charge is 0.416 e. The summed E-state index contributed by atoms with van der Waals surface area (Å²) in [5.41, 5.74) is 1.81. The van der Waals surface area contributed by atoms with Crippen molar-refractivity contribution in [1.29, 1.82) is 0 Å². The predicted octanol–water partition coefficient (Wildman–Crippen LogP) is 4.77. The number of fused-ring (bicyclic) bond motifs is 1. The SMILES string of the molecule is Cc1cc(C)nc(-n2nc(C)c3c2NC(=O)C(C)SC3c2ccccc2C(F)(F)F)n1. The Hall–Kier alpha value is -2.88. The second-order valence-corrected chi connectivity index (χ2v) is 8.89. The summed E-state index contributed by atoms with van der Waals surface area (Å²) in [6.45, 7) is 7.01. The number of hydrogen-bond donors (Lipinski definition) is 1. The zero-order valence-corrected chi connectivity index (χ0v) is 18.1. The van der Waals surface area contributed by atoms with Gasteiger partial charge in [0, 0.05) is 17.0 Å². The van der Waals surface area contributed by atoms with E-state index in [1.54, 1.807) is 26.0 Å². The van der Waals surface area contributed by atoms with Crippen LogP contribution in [0.15, 0.2) is 30.3 Å². The number of halogens is 3. The van der Waals surface area contributed by atoms with Crippen molar-refractivity contribution in [1.82, 2.24) is 19.7 Å². The van der Waals surface area contributed by atoms with E-state index in [1.165, 1.54) is 16.8 Å². The van der Waals surface area contributed by atoms with Crippen LogP contribution in [-0.2, 0) is 11.0 Å². The molecule has 6 nitrogen and oxygen atoms in total. The maximum atomic E-state index is 13.8. The van der Waals surface area contributed by atoms with Crippen LogP contribution in [0.25, 0.3) is 5.95 Å². The lowest BCUT2D eigenvalue weighted by atomic mass is 9.98. The van der Waals surface area contributed by atoms with Gasteiger partial charge in [-0.05, 0) is 45.4 Å². The molecule has 0 radical (unpaired) electrons. The number of alkyl halides is 3. The van der Waals surface area contributed by atoms with Gasteiger partial charge in [0.25, 0.3) is 5.95 Å². The summed E-state index contributed by atoms with van der Waals surface area (Å²) in [6.07, 6.45) is -4.52. The van der Waals surface area contributed by atoms with E-state index in [0.29, 0.717) is 28.5 Å². The van der Waals surface area contributed by atoms with Crippen molar-refractivity contribution in [3.8, 4) is 5.95 Å². The molecule has 2 unspecified atom stereocenters. The number of amides is 1. The fraction of sp³-hybridized carbons (Fsp3) is 0.333. The molecule has 1 aromatic carbocycles. The second kappa shape index (κ2) is 7.67. The van der Waals surface area contributed by atoms with Gasteiger partial charge < -0.3 is 5.32 Å². The van der Waals surface area contributed by atoms with Gasteiger partial charge in [0.2, 0.25) is 5.91 Å². The van der Waals surface area contributed by atoms with Crippen molar-refractivity contribution >= 4 is 23.5 Å². The van der Waals surface area contributed by atoms with Gasteiger partial charge in [0.15, 0.2) is 0 Å². The molecule has 2 atom stereocenters. The Morgan fingerprint density at radius 3 is 2.39 bits per heavy atom. The lowest BCUT2D eigenvalue weighted by molar-refractivity contribution is -0.138. The second-order valence-electron chi connectivity index (χ2n) is 7.44. The maximum Gasteiger partial charge on any atom is 0.416 e. The van der Waals surface area contributed by atoms with E-state index >= 15 is 0 Å². The Bertz CT molecular complexity index is 1150. The number of aryl methyl sites for hydroxylation is 3. The van der Waals surface area contributed by atoms with Crippen LogP contribution in [-0.4, -0.2) is 30.9 Å². The van der Waals surface area contributed by atoms with Crippen molar-refractivity contribution in [2.75, 3.05) is 5.32 Å². The lowest BCUT2D eigenvalue weighted by Crippen LogP contribution is -2.23. The molecule has 0 fully saturated rings. The first kappa shape index (κ1) is 21.4. The van der Waals surface area contributed by atoms with E-state index in [-0.39, 0.29) is 17.4 Å². The first-order valence-corrected chi connectivity index (χ1v) is 10.5. The highest BCUT2D eigenvalue weighted by Gasteiger charge is 2.40. The highest BCUT2D eigenvalue weighted by Crippen LogP contribution is 2.49. The highest BCUT2D eigenvalue weighted by molar-refractivity contribution is 8.01. The molecule has 31 heavy (non-hydrogen) atoms. The lowest BCUT2D eigenvalue weighted by Gasteiger charge is -2.21. The number of hydrogen-bond acceptors (Lipinski definition) is 5. The molecule has 10 heteroatoms. The average Bonchev–Trinajstić information content (AvgIpc) is 2.93. The van der Waals surface area contributed by atoms with Crippen molar-refractivity contribution in [2.24, 2.45) is 0 Å². The van der Waals surface area contributed by atoms with E-state index in [4.69, 9.17) is 0 Å². The zero-order valence-electron chi connectivity index (χ0n) is 17.3.